The number of oxime groups is 1. The van der Waals surface area contributed by atoms with Gasteiger partial charge in [-0.05, 0) is 11.1 Å². The van der Waals surface area contributed by atoms with Crippen molar-refractivity contribution in [1.29, 1.82) is 0 Å². The molecule has 6 N–H and O–H groups in total. The molecule has 4 aliphatic heterocycles. The highest BCUT2D eigenvalue weighted by atomic mass is 32.2. The molecule has 0 aliphatic carbocycles. The molecular formula is C30H24N8O11S4. The molecule has 0 unspecified atom stereocenters. The van der Waals surface area contributed by atoms with Gasteiger partial charge in [0, 0.05) is 35.4 Å². The normalized spacial score (nSPS) is 22.6. The smallest absolute Gasteiger partial charge is 0.375 e. The van der Waals surface area contributed by atoms with Gasteiger partial charge in [0.25, 0.3) is 17.9 Å². The number of carboxylic acids is 2. The Morgan fingerprint density at radius 2 is 2.02 bits per heavy atom. The topological polar surface area (TPSA) is 280 Å². The number of fused-ring (bicyclic) bond motifs is 4. The van der Waals surface area contributed by atoms with Gasteiger partial charge in [0.1, 0.15) is 33.2 Å². The Morgan fingerprint density at radius 1 is 1.28 bits per heavy atom. The van der Waals surface area contributed by atoms with Gasteiger partial charge in [0.2, 0.25) is 5.43 Å². The maximum absolute atomic E-state index is 13.6. The number of anilines is 1. The van der Waals surface area contributed by atoms with Crippen LogP contribution < -0.4 is 26.2 Å². The fourth-order valence-corrected chi connectivity index (χ4v) is 9.28. The van der Waals surface area contributed by atoms with Gasteiger partial charge in [-0.3, -0.25) is 19.3 Å². The van der Waals surface area contributed by atoms with Crippen molar-refractivity contribution < 1.29 is 53.6 Å². The third-order valence-corrected chi connectivity index (χ3v) is 12.3. The predicted molar refractivity (Wildman–Crippen MR) is 187 cm³/mol. The van der Waals surface area contributed by atoms with Gasteiger partial charge in [-0.1, -0.05) is 10.3 Å². The number of aromatic hydroxyl groups is 1. The number of hydrogen-bond acceptors (Lipinski definition) is 18. The second-order valence-electron chi connectivity index (χ2n) is 11.7. The summed E-state index contributed by atoms with van der Waals surface area (Å²) >= 11 is 11.6. The lowest BCUT2D eigenvalue weighted by atomic mass is 9.81. The Balaban J connectivity index is 1.09. The number of thiazole rings is 1. The quantitative estimate of drug-likeness (QED) is 0.0236. The zero-order valence-electron chi connectivity index (χ0n) is 26.4. The number of pyridine rings is 2. The Morgan fingerprint density at radius 3 is 2.68 bits per heavy atom. The number of β-lactam (4-membered cyclic amide) rings is 1. The molecule has 8 heterocycles. The molecule has 2 amide bonds. The number of nitrogens with one attached hydrogen (secondary N) is 1. The van der Waals surface area contributed by atoms with Crippen LogP contribution in [-0.4, -0.2) is 87.1 Å². The van der Waals surface area contributed by atoms with Crippen LogP contribution in [-0.2, 0) is 35.4 Å². The monoisotopic (exact) mass is 800 g/mol. The van der Waals surface area contributed by atoms with Gasteiger partial charge in [0.15, 0.2) is 41.4 Å². The predicted octanol–water partition coefficient (Wildman–Crippen LogP) is -1.14. The first-order valence-corrected chi connectivity index (χ1v) is 18.0. The van der Waals surface area contributed by atoms with E-state index in [1.165, 1.54) is 16.0 Å². The third-order valence-electron chi connectivity index (χ3n) is 8.66. The average Bonchev–Trinajstić information content (AvgIpc) is 3.78. The molecule has 4 aromatic heterocycles. The molecule has 0 spiro atoms. The summed E-state index contributed by atoms with van der Waals surface area (Å²) in [6, 6.07) is 3.09. The van der Waals surface area contributed by atoms with Gasteiger partial charge in [-0.15, -0.1) is 23.1 Å². The van der Waals surface area contributed by atoms with Gasteiger partial charge in [0.05, 0.1) is 23.1 Å². The SMILES string of the molecule is Nc1nc(/C(=N/OCc2cc(-c3cc(=O)c(O)cn3O)no2)C(=O)N[C@@H]2C(=O)N3C(C(=O)[O-])=C([C@@H](S)[C@@]4(S)c5cc[n+](cc5)[C@@H]4C(=O)O)CS[C@H]23)cs1. The molecule has 274 valence electrons. The van der Waals surface area contributed by atoms with E-state index in [0.717, 1.165) is 40.3 Å². The van der Waals surface area contributed by atoms with Crippen molar-refractivity contribution in [2.24, 2.45) is 5.16 Å². The number of rotatable bonds is 11. The molecule has 5 atom stereocenters. The number of carboxylic acid groups (broad SMARTS) is 2. The first-order chi connectivity index (χ1) is 25.2. The summed E-state index contributed by atoms with van der Waals surface area (Å²) < 4.78 is 5.57. The van der Waals surface area contributed by atoms with Gasteiger partial charge in [-0.2, -0.15) is 34.6 Å². The Hall–Kier alpha value is -5.52. The van der Waals surface area contributed by atoms with E-state index in [4.69, 9.17) is 40.4 Å². The summed E-state index contributed by atoms with van der Waals surface area (Å²) in [5.41, 5.74) is 4.63. The van der Waals surface area contributed by atoms with Crippen LogP contribution in [0.25, 0.3) is 11.4 Å². The molecule has 0 saturated carbocycles. The molecule has 4 aliphatic rings. The summed E-state index contributed by atoms with van der Waals surface area (Å²) in [6.07, 6.45) is 3.91. The molecule has 19 nitrogen and oxygen atoms in total. The molecule has 0 aromatic carbocycles. The van der Waals surface area contributed by atoms with Crippen LogP contribution in [0.2, 0.25) is 0 Å². The van der Waals surface area contributed by atoms with E-state index in [1.54, 1.807) is 24.5 Å². The first-order valence-electron chi connectivity index (χ1n) is 15.1. The highest BCUT2D eigenvalue weighted by molar-refractivity contribution is 8.00. The van der Waals surface area contributed by atoms with Crippen molar-refractivity contribution in [3.63, 3.8) is 0 Å². The number of carbonyl (C=O) groups is 4. The number of nitrogens with two attached hydrogens (primary N) is 1. The lowest BCUT2D eigenvalue weighted by Crippen LogP contribution is -2.72. The van der Waals surface area contributed by atoms with E-state index >= 15 is 0 Å². The van der Waals surface area contributed by atoms with Crippen molar-refractivity contribution >= 4 is 83.0 Å². The fourth-order valence-electron chi connectivity index (χ4n) is 6.17. The number of carbonyl (C=O) groups excluding carboxylic acids is 3. The van der Waals surface area contributed by atoms with Gasteiger partial charge < -0.3 is 45.7 Å². The number of nitrogen functional groups attached to an aromatic ring is 1. The van der Waals surface area contributed by atoms with E-state index in [-0.39, 0.29) is 39.3 Å². The standard InChI is InChI=1S/C30H24N8O11S4/c31-29-32-15(10-53-29)19(35-48-8-12-5-14(34-49-12)16-6-17(39)18(40)7-37(16)47)24(41)33-20-25(42)38-21(27(43)44)13(9-52-26(20)38)23(50)30(51)11-1-3-36(4-2-11)22(30)28(45)46/h1-7,10,20,22-23,26,47H,8-9H2,(H7-,31,32,33,40,41,43,44,45,46,50,51)/b35-19-/t20-,22-,23-,26-,30-/m1/s1. The highest BCUT2D eigenvalue weighted by Gasteiger charge is 2.60. The van der Waals surface area contributed by atoms with Crippen LogP contribution in [0.5, 0.6) is 5.75 Å². The molecule has 53 heavy (non-hydrogen) atoms. The molecule has 1 fully saturated rings. The second kappa shape index (κ2) is 13.5. The number of nitrogens with zero attached hydrogens (tertiary/aromatic N) is 6. The Kier molecular flexibility index (Phi) is 9.12. The number of aliphatic carboxylic acids is 2. The van der Waals surface area contributed by atoms with Crippen LogP contribution in [0.4, 0.5) is 5.13 Å². The summed E-state index contributed by atoms with van der Waals surface area (Å²) in [4.78, 5) is 74.2. The molecule has 2 bridgehead atoms. The van der Waals surface area contributed by atoms with Gasteiger partial charge >= 0.3 is 5.97 Å². The molecule has 4 aromatic rings. The summed E-state index contributed by atoms with van der Waals surface area (Å²) in [5.74, 6) is -5.28. The average molecular weight is 801 g/mol. The zero-order chi connectivity index (χ0) is 37.9. The number of hydrogen-bond donors (Lipinski definition) is 7. The fraction of sp³-hybridized carbons (Fsp3) is 0.233. The van der Waals surface area contributed by atoms with Crippen LogP contribution >= 0.6 is 48.4 Å². The summed E-state index contributed by atoms with van der Waals surface area (Å²) in [6.45, 7) is -0.406. The maximum Gasteiger partial charge on any atom is 0.375 e. The van der Waals surface area contributed by atoms with Crippen LogP contribution in [0.15, 0.2) is 74.0 Å². The number of amides is 2. The van der Waals surface area contributed by atoms with Crippen molar-refractivity contribution in [2.75, 3.05) is 11.5 Å². The van der Waals surface area contributed by atoms with Crippen molar-refractivity contribution in [1.82, 2.24) is 25.1 Å². The number of aromatic nitrogens is 4. The minimum absolute atomic E-state index is 0.00252. The summed E-state index contributed by atoms with van der Waals surface area (Å²) in [5, 5.41) is 51.9. The molecule has 8 rings (SSSR count). The Bertz CT molecular complexity index is 2320. The van der Waals surface area contributed by atoms with Gasteiger partial charge in [-0.25, -0.2) is 9.78 Å². The minimum atomic E-state index is -1.69. The zero-order valence-corrected chi connectivity index (χ0v) is 29.8. The Labute approximate surface area is 315 Å². The minimum Gasteiger partial charge on any atom is -0.543 e. The van der Waals surface area contributed by atoms with E-state index < -0.39 is 80.4 Å². The third kappa shape index (κ3) is 6.03. The van der Waals surface area contributed by atoms with Crippen LogP contribution in [0, 0.1) is 0 Å². The van der Waals surface area contributed by atoms with E-state index in [1.807, 2.05) is 0 Å². The van der Waals surface area contributed by atoms with Crippen LogP contribution in [0.3, 0.4) is 0 Å². The summed E-state index contributed by atoms with van der Waals surface area (Å²) in [7, 11) is 0. The lowest BCUT2D eigenvalue weighted by Gasteiger charge is -2.52. The van der Waals surface area contributed by atoms with Crippen molar-refractivity contribution in [3.8, 4) is 17.1 Å². The molecule has 23 heteroatoms. The maximum atomic E-state index is 13.6. The van der Waals surface area contributed by atoms with Crippen molar-refractivity contribution in [2.45, 2.75) is 34.1 Å². The van der Waals surface area contributed by atoms with Crippen molar-refractivity contribution in [3.05, 3.63) is 86.7 Å². The van der Waals surface area contributed by atoms with E-state index in [9.17, 15) is 44.5 Å². The number of thiol groups is 2. The second-order valence-corrected chi connectivity index (χ2v) is 15.0. The number of thioether (sulfide) groups is 1. The molecular weight excluding hydrogens is 777 g/mol. The van der Waals surface area contributed by atoms with E-state index in [0.29, 0.717) is 10.3 Å². The first kappa shape index (κ1) is 35.9. The van der Waals surface area contributed by atoms with Crippen LogP contribution in [0.1, 0.15) is 23.1 Å². The lowest BCUT2D eigenvalue weighted by molar-refractivity contribution is -0.719. The highest BCUT2D eigenvalue weighted by Crippen LogP contribution is 2.51. The van der Waals surface area contributed by atoms with E-state index in [2.05, 4.69) is 20.6 Å². The largest absolute Gasteiger partial charge is 0.543 e. The molecule has 0 radical (unpaired) electrons. The molecule has 1 saturated heterocycles.